The lowest BCUT2D eigenvalue weighted by molar-refractivity contribution is 0.174. The Kier molecular flexibility index (Phi) is 7.87. The van der Waals surface area contributed by atoms with Gasteiger partial charge in [0.2, 0.25) is 0 Å². The van der Waals surface area contributed by atoms with Crippen molar-refractivity contribution < 1.29 is 0 Å². The third-order valence-corrected chi connectivity index (χ3v) is 4.12. The molecule has 0 radical (unpaired) electrons. The lowest BCUT2D eigenvalue weighted by Crippen LogP contribution is -2.46. The van der Waals surface area contributed by atoms with Crippen LogP contribution >= 0.6 is 0 Å². The van der Waals surface area contributed by atoms with E-state index in [4.69, 9.17) is 0 Å². The first-order chi connectivity index (χ1) is 8.27. The average Bonchev–Trinajstić information content (AvgIpc) is 2.37. The monoisotopic (exact) mass is 240 g/mol. The lowest BCUT2D eigenvalue weighted by Gasteiger charge is -2.33. The van der Waals surface area contributed by atoms with E-state index < -0.39 is 0 Å². The molecule has 0 aromatic rings. The van der Waals surface area contributed by atoms with Crippen molar-refractivity contribution in [1.29, 1.82) is 0 Å². The van der Waals surface area contributed by atoms with Gasteiger partial charge in [0.25, 0.3) is 0 Å². The highest BCUT2D eigenvalue weighted by Gasteiger charge is 2.18. The van der Waals surface area contributed by atoms with E-state index in [0.717, 1.165) is 12.1 Å². The summed E-state index contributed by atoms with van der Waals surface area (Å²) in [6.45, 7) is 10.7. The standard InChI is InChI=1S/C15H32N2/c1-4-6-7-10-14(3)17(5-2)13-15-11-8-9-12-16-15/h14-16H,4-13H2,1-3H3. The normalized spacial score (nSPS) is 22.9. The van der Waals surface area contributed by atoms with E-state index in [0.29, 0.717) is 0 Å². The van der Waals surface area contributed by atoms with Crippen molar-refractivity contribution in [2.24, 2.45) is 0 Å². The van der Waals surface area contributed by atoms with Crippen molar-refractivity contribution in [2.75, 3.05) is 19.6 Å². The van der Waals surface area contributed by atoms with Crippen LogP contribution in [-0.2, 0) is 0 Å². The molecule has 1 aliphatic heterocycles. The molecule has 0 aromatic heterocycles. The molecule has 17 heavy (non-hydrogen) atoms. The van der Waals surface area contributed by atoms with Gasteiger partial charge in [-0.05, 0) is 39.3 Å². The Bertz CT molecular complexity index is 176. The van der Waals surface area contributed by atoms with Gasteiger partial charge in [0.15, 0.2) is 0 Å². The Balaban J connectivity index is 2.25. The molecule has 2 unspecified atom stereocenters. The van der Waals surface area contributed by atoms with Gasteiger partial charge in [0.1, 0.15) is 0 Å². The minimum Gasteiger partial charge on any atom is -0.313 e. The third-order valence-electron chi connectivity index (χ3n) is 4.12. The van der Waals surface area contributed by atoms with Crippen LogP contribution in [0.4, 0.5) is 0 Å². The maximum atomic E-state index is 3.66. The van der Waals surface area contributed by atoms with E-state index in [9.17, 15) is 0 Å². The molecule has 1 fully saturated rings. The number of nitrogens with zero attached hydrogens (tertiary/aromatic N) is 1. The average molecular weight is 240 g/mol. The smallest absolute Gasteiger partial charge is 0.0195 e. The molecule has 1 rings (SSSR count). The van der Waals surface area contributed by atoms with Crippen molar-refractivity contribution in [2.45, 2.75) is 77.8 Å². The number of hydrogen-bond acceptors (Lipinski definition) is 2. The van der Waals surface area contributed by atoms with E-state index >= 15 is 0 Å². The minimum atomic E-state index is 0.748. The maximum Gasteiger partial charge on any atom is 0.0195 e. The van der Waals surface area contributed by atoms with E-state index in [-0.39, 0.29) is 0 Å². The SMILES string of the molecule is CCCCCC(C)N(CC)CC1CCCCN1. The summed E-state index contributed by atoms with van der Waals surface area (Å²) >= 11 is 0. The molecule has 0 spiro atoms. The predicted molar refractivity (Wildman–Crippen MR) is 76.5 cm³/mol. The van der Waals surface area contributed by atoms with Crippen LogP contribution < -0.4 is 5.32 Å². The second-order valence-corrected chi connectivity index (χ2v) is 5.58. The molecule has 0 aliphatic carbocycles. The van der Waals surface area contributed by atoms with Crippen LogP contribution in [0.3, 0.4) is 0 Å². The highest BCUT2D eigenvalue weighted by molar-refractivity contribution is 4.78. The van der Waals surface area contributed by atoms with Crippen molar-refractivity contribution in [3.63, 3.8) is 0 Å². The van der Waals surface area contributed by atoms with E-state index in [1.54, 1.807) is 0 Å². The molecule has 0 amide bonds. The molecular weight excluding hydrogens is 208 g/mol. The zero-order valence-electron chi connectivity index (χ0n) is 12.2. The summed E-state index contributed by atoms with van der Waals surface area (Å²) in [5.41, 5.74) is 0. The van der Waals surface area contributed by atoms with Crippen LogP contribution in [0.25, 0.3) is 0 Å². The number of rotatable bonds is 8. The first-order valence-electron chi connectivity index (χ1n) is 7.75. The van der Waals surface area contributed by atoms with Gasteiger partial charge in [-0.3, -0.25) is 4.90 Å². The number of likely N-dealkylation sites (N-methyl/N-ethyl adjacent to an activating group) is 1. The molecule has 102 valence electrons. The van der Waals surface area contributed by atoms with Gasteiger partial charge in [-0.2, -0.15) is 0 Å². The quantitative estimate of drug-likeness (QED) is 0.654. The van der Waals surface area contributed by atoms with Crippen molar-refractivity contribution >= 4 is 0 Å². The van der Waals surface area contributed by atoms with Gasteiger partial charge >= 0.3 is 0 Å². The Morgan fingerprint density at radius 1 is 1.24 bits per heavy atom. The summed E-state index contributed by atoms with van der Waals surface area (Å²) in [5, 5.41) is 3.66. The molecule has 1 aliphatic rings. The molecule has 2 atom stereocenters. The summed E-state index contributed by atoms with van der Waals surface area (Å²) in [7, 11) is 0. The maximum absolute atomic E-state index is 3.66. The number of nitrogens with one attached hydrogen (secondary N) is 1. The van der Waals surface area contributed by atoms with E-state index in [1.807, 2.05) is 0 Å². The van der Waals surface area contributed by atoms with Crippen LogP contribution in [0.2, 0.25) is 0 Å². The fourth-order valence-electron chi connectivity index (χ4n) is 2.86. The molecular formula is C15H32N2. The first kappa shape index (κ1) is 15.0. The van der Waals surface area contributed by atoms with Gasteiger partial charge in [0.05, 0.1) is 0 Å². The molecule has 1 heterocycles. The van der Waals surface area contributed by atoms with Gasteiger partial charge in [0, 0.05) is 18.6 Å². The molecule has 0 bridgehead atoms. The first-order valence-corrected chi connectivity index (χ1v) is 7.75. The predicted octanol–water partition coefficient (Wildman–Crippen LogP) is 3.42. The number of hydrogen-bond donors (Lipinski definition) is 1. The Labute approximate surface area is 108 Å². The lowest BCUT2D eigenvalue weighted by atomic mass is 10.0. The van der Waals surface area contributed by atoms with Crippen LogP contribution in [0.5, 0.6) is 0 Å². The number of unbranched alkanes of at least 4 members (excludes halogenated alkanes) is 2. The minimum absolute atomic E-state index is 0.748. The molecule has 2 nitrogen and oxygen atoms in total. The number of piperidine rings is 1. The van der Waals surface area contributed by atoms with Gasteiger partial charge in [-0.25, -0.2) is 0 Å². The van der Waals surface area contributed by atoms with Crippen LogP contribution in [0.1, 0.15) is 65.7 Å². The topological polar surface area (TPSA) is 15.3 Å². The molecule has 2 heteroatoms. The summed E-state index contributed by atoms with van der Waals surface area (Å²) in [6.07, 6.45) is 9.65. The Hall–Kier alpha value is -0.0800. The van der Waals surface area contributed by atoms with Crippen LogP contribution in [0.15, 0.2) is 0 Å². The van der Waals surface area contributed by atoms with Crippen molar-refractivity contribution in [3.05, 3.63) is 0 Å². The fraction of sp³-hybridized carbons (Fsp3) is 1.00. The molecule has 1 N–H and O–H groups in total. The van der Waals surface area contributed by atoms with Crippen LogP contribution in [0, 0.1) is 0 Å². The van der Waals surface area contributed by atoms with Gasteiger partial charge < -0.3 is 5.32 Å². The fourth-order valence-corrected chi connectivity index (χ4v) is 2.86. The summed E-state index contributed by atoms with van der Waals surface area (Å²) in [6, 6.07) is 1.51. The van der Waals surface area contributed by atoms with Crippen molar-refractivity contribution in [1.82, 2.24) is 10.2 Å². The third kappa shape index (κ3) is 5.87. The highest BCUT2D eigenvalue weighted by Crippen LogP contribution is 2.13. The molecule has 1 saturated heterocycles. The highest BCUT2D eigenvalue weighted by atomic mass is 15.2. The Morgan fingerprint density at radius 3 is 2.65 bits per heavy atom. The van der Waals surface area contributed by atoms with E-state index in [2.05, 4.69) is 31.0 Å². The summed E-state index contributed by atoms with van der Waals surface area (Å²) in [5.74, 6) is 0. The zero-order chi connectivity index (χ0) is 12.5. The second kappa shape index (κ2) is 8.93. The van der Waals surface area contributed by atoms with Gasteiger partial charge in [-0.1, -0.05) is 39.5 Å². The van der Waals surface area contributed by atoms with E-state index in [1.165, 1.54) is 64.6 Å². The van der Waals surface area contributed by atoms with Crippen molar-refractivity contribution in [3.8, 4) is 0 Å². The summed E-state index contributed by atoms with van der Waals surface area (Å²) in [4.78, 5) is 2.67. The Morgan fingerprint density at radius 2 is 2.06 bits per heavy atom. The molecule has 0 saturated carbocycles. The molecule has 0 aromatic carbocycles. The largest absolute Gasteiger partial charge is 0.313 e. The zero-order valence-corrected chi connectivity index (χ0v) is 12.2. The van der Waals surface area contributed by atoms with Crippen LogP contribution in [-0.4, -0.2) is 36.6 Å². The second-order valence-electron chi connectivity index (χ2n) is 5.58. The summed E-state index contributed by atoms with van der Waals surface area (Å²) < 4.78 is 0. The van der Waals surface area contributed by atoms with Gasteiger partial charge in [-0.15, -0.1) is 0 Å².